The highest BCUT2D eigenvalue weighted by Gasteiger charge is 2.25. The van der Waals surface area contributed by atoms with E-state index in [1.54, 1.807) is 12.1 Å². The molecule has 1 aliphatic carbocycles. The summed E-state index contributed by atoms with van der Waals surface area (Å²) < 4.78 is 13.6. The lowest BCUT2D eigenvalue weighted by molar-refractivity contribution is 0.312. The fourth-order valence-electron chi connectivity index (χ4n) is 3.19. The quantitative estimate of drug-likeness (QED) is 0.793. The molecule has 112 valence electrons. The molecule has 0 aliphatic heterocycles. The molecule has 0 heterocycles. The van der Waals surface area contributed by atoms with Gasteiger partial charge in [-0.05, 0) is 42.5 Å². The zero-order chi connectivity index (χ0) is 14.5. The third-order valence-electron chi connectivity index (χ3n) is 4.34. The second-order valence-electron chi connectivity index (χ2n) is 6.32. The average molecular weight is 298 g/mol. The van der Waals surface area contributed by atoms with Gasteiger partial charge < -0.3 is 5.32 Å². The van der Waals surface area contributed by atoms with E-state index >= 15 is 0 Å². The van der Waals surface area contributed by atoms with Gasteiger partial charge in [0.1, 0.15) is 5.82 Å². The predicted octanol–water partition coefficient (Wildman–Crippen LogP) is 4.83. The average Bonchev–Trinajstić information content (AvgIpc) is 2.92. The van der Waals surface area contributed by atoms with E-state index in [2.05, 4.69) is 19.2 Å². The lowest BCUT2D eigenvalue weighted by Gasteiger charge is -2.25. The minimum Gasteiger partial charge on any atom is -0.314 e. The maximum absolute atomic E-state index is 13.6. The lowest BCUT2D eigenvalue weighted by atomic mass is 9.85. The van der Waals surface area contributed by atoms with Crippen molar-refractivity contribution in [1.29, 1.82) is 0 Å². The van der Waals surface area contributed by atoms with E-state index in [4.69, 9.17) is 11.6 Å². The second kappa shape index (κ2) is 7.42. The minimum atomic E-state index is -0.300. The summed E-state index contributed by atoms with van der Waals surface area (Å²) >= 11 is 5.76. The summed E-state index contributed by atoms with van der Waals surface area (Å²) in [5.41, 5.74) is 1.06. The van der Waals surface area contributed by atoms with Gasteiger partial charge in [-0.3, -0.25) is 0 Å². The van der Waals surface area contributed by atoms with Gasteiger partial charge in [-0.2, -0.15) is 0 Å². The van der Waals surface area contributed by atoms with Gasteiger partial charge in [0.2, 0.25) is 0 Å². The standard InChI is InChI=1S/C17H25ClFN/c1-12(2)20-11-15(14-5-3-4-6-14)9-13-7-8-16(18)17(19)10-13/h7-8,10,12,14-15,20H,3-6,9,11H2,1-2H3. The summed E-state index contributed by atoms with van der Waals surface area (Å²) in [5.74, 6) is 1.08. The highest BCUT2D eigenvalue weighted by Crippen LogP contribution is 2.33. The number of hydrogen-bond donors (Lipinski definition) is 1. The fraction of sp³-hybridized carbons (Fsp3) is 0.647. The van der Waals surface area contributed by atoms with Crippen LogP contribution in [0.1, 0.15) is 45.1 Å². The summed E-state index contributed by atoms with van der Waals surface area (Å²) in [6.45, 7) is 5.37. The van der Waals surface area contributed by atoms with Gasteiger partial charge >= 0.3 is 0 Å². The highest BCUT2D eigenvalue weighted by molar-refractivity contribution is 6.30. The Morgan fingerprint density at radius 2 is 2.00 bits per heavy atom. The normalized spacial score (nSPS) is 17.9. The van der Waals surface area contributed by atoms with Crippen LogP contribution in [-0.4, -0.2) is 12.6 Å². The van der Waals surface area contributed by atoms with Gasteiger partial charge in [-0.15, -0.1) is 0 Å². The Balaban J connectivity index is 2.03. The Morgan fingerprint density at radius 3 is 2.60 bits per heavy atom. The number of halogens is 2. The van der Waals surface area contributed by atoms with Crippen LogP contribution in [-0.2, 0) is 6.42 Å². The molecular weight excluding hydrogens is 273 g/mol. The van der Waals surface area contributed by atoms with Crippen molar-refractivity contribution >= 4 is 11.6 Å². The monoisotopic (exact) mass is 297 g/mol. The van der Waals surface area contributed by atoms with E-state index in [0.717, 1.165) is 24.4 Å². The third kappa shape index (κ3) is 4.46. The van der Waals surface area contributed by atoms with Crippen LogP contribution in [0, 0.1) is 17.7 Å². The molecule has 1 saturated carbocycles. The lowest BCUT2D eigenvalue weighted by Crippen LogP contribution is -2.33. The maximum Gasteiger partial charge on any atom is 0.142 e. The molecule has 0 spiro atoms. The molecule has 0 radical (unpaired) electrons. The zero-order valence-corrected chi connectivity index (χ0v) is 13.2. The molecule has 2 rings (SSSR count). The molecule has 0 amide bonds. The smallest absolute Gasteiger partial charge is 0.142 e. The van der Waals surface area contributed by atoms with Crippen LogP contribution in [0.5, 0.6) is 0 Å². The summed E-state index contributed by atoms with van der Waals surface area (Å²) in [7, 11) is 0. The van der Waals surface area contributed by atoms with E-state index in [1.807, 2.05) is 6.07 Å². The first-order valence-corrected chi connectivity index (χ1v) is 8.11. The summed E-state index contributed by atoms with van der Waals surface area (Å²) in [5, 5.41) is 3.76. The van der Waals surface area contributed by atoms with E-state index in [-0.39, 0.29) is 10.8 Å². The molecule has 3 heteroatoms. The first kappa shape index (κ1) is 15.8. The van der Waals surface area contributed by atoms with E-state index in [1.165, 1.54) is 25.7 Å². The SMILES string of the molecule is CC(C)NCC(Cc1ccc(Cl)c(F)c1)C1CCCC1. The van der Waals surface area contributed by atoms with E-state index < -0.39 is 0 Å². The largest absolute Gasteiger partial charge is 0.314 e. The van der Waals surface area contributed by atoms with Gasteiger partial charge in [-0.1, -0.05) is 57.2 Å². The van der Waals surface area contributed by atoms with Crippen LogP contribution in [0.2, 0.25) is 5.02 Å². The van der Waals surface area contributed by atoms with Gasteiger partial charge in [0.05, 0.1) is 5.02 Å². The Morgan fingerprint density at radius 1 is 1.30 bits per heavy atom. The Kier molecular flexibility index (Phi) is 5.86. The van der Waals surface area contributed by atoms with Crippen molar-refractivity contribution in [1.82, 2.24) is 5.32 Å². The van der Waals surface area contributed by atoms with Gasteiger partial charge in [0.25, 0.3) is 0 Å². The molecule has 1 nitrogen and oxygen atoms in total. The van der Waals surface area contributed by atoms with Crippen molar-refractivity contribution in [3.63, 3.8) is 0 Å². The Hall–Kier alpha value is -0.600. The molecule has 1 aliphatic rings. The molecule has 1 aromatic carbocycles. The van der Waals surface area contributed by atoms with E-state index in [9.17, 15) is 4.39 Å². The molecule has 1 N–H and O–H groups in total. The van der Waals surface area contributed by atoms with Crippen LogP contribution in [0.3, 0.4) is 0 Å². The first-order chi connectivity index (χ1) is 9.56. The van der Waals surface area contributed by atoms with Crippen molar-refractivity contribution in [2.75, 3.05) is 6.54 Å². The highest BCUT2D eigenvalue weighted by atomic mass is 35.5. The number of rotatable bonds is 6. The summed E-state index contributed by atoms with van der Waals surface area (Å²) in [6, 6.07) is 5.73. The van der Waals surface area contributed by atoms with Crippen molar-refractivity contribution < 1.29 is 4.39 Å². The fourth-order valence-corrected chi connectivity index (χ4v) is 3.31. The van der Waals surface area contributed by atoms with Crippen LogP contribution in [0.25, 0.3) is 0 Å². The topological polar surface area (TPSA) is 12.0 Å². The third-order valence-corrected chi connectivity index (χ3v) is 4.64. The van der Waals surface area contributed by atoms with Crippen LogP contribution >= 0.6 is 11.6 Å². The molecule has 0 bridgehead atoms. The summed E-state index contributed by atoms with van der Waals surface area (Å²) in [4.78, 5) is 0. The van der Waals surface area contributed by atoms with Crippen molar-refractivity contribution in [2.45, 2.75) is 52.0 Å². The molecule has 20 heavy (non-hydrogen) atoms. The van der Waals surface area contributed by atoms with Crippen LogP contribution in [0.4, 0.5) is 4.39 Å². The maximum atomic E-state index is 13.6. The molecule has 0 saturated heterocycles. The Bertz CT molecular complexity index is 427. The van der Waals surface area contributed by atoms with Gasteiger partial charge in [0, 0.05) is 6.04 Å². The van der Waals surface area contributed by atoms with Crippen molar-refractivity contribution in [3.05, 3.63) is 34.6 Å². The number of benzene rings is 1. The van der Waals surface area contributed by atoms with Crippen molar-refractivity contribution in [2.24, 2.45) is 11.8 Å². The molecule has 1 aromatic rings. The van der Waals surface area contributed by atoms with Gasteiger partial charge in [0.15, 0.2) is 0 Å². The minimum absolute atomic E-state index is 0.214. The molecule has 1 unspecified atom stereocenters. The molecular formula is C17H25ClFN. The number of nitrogens with one attached hydrogen (secondary N) is 1. The zero-order valence-electron chi connectivity index (χ0n) is 12.5. The van der Waals surface area contributed by atoms with E-state index in [0.29, 0.717) is 12.0 Å². The predicted molar refractivity (Wildman–Crippen MR) is 83.7 cm³/mol. The summed E-state index contributed by atoms with van der Waals surface area (Å²) in [6.07, 6.45) is 6.27. The first-order valence-electron chi connectivity index (χ1n) is 7.73. The van der Waals surface area contributed by atoms with Crippen LogP contribution < -0.4 is 5.32 Å². The number of hydrogen-bond acceptors (Lipinski definition) is 1. The molecule has 0 aromatic heterocycles. The molecule has 1 atom stereocenters. The van der Waals surface area contributed by atoms with Gasteiger partial charge in [-0.25, -0.2) is 4.39 Å². The van der Waals surface area contributed by atoms with Crippen LogP contribution in [0.15, 0.2) is 18.2 Å². The Labute approximate surface area is 126 Å². The molecule has 1 fully saturated rings. The second-order valence-corrected chi connectivity index (χ2v) is 6.73. The van der Waals surface area contributed by atoms with Crippen molar-refractivity contribution in [3.8, 4) is 0 Å².